The molecule has 0 aromatic heterocycles. The van der Waals surface area contributed by atoms with Crippen molar-refractivity contribution in [1.29, 1.82) is 0 Å². The Morgan fingerprint density at radius 3 is 2.84 bits per heavy atom. The molecule has 0 spiro atoms. The van der Waals surface area contributed by atoms with Gasteiger partial charge in [-0.1, -0.05) is 28.1 Å². The first-order valence-corrected chi connectivity index (χ1v) is 8.05. The van der Waals surface area contributed by atoms with E-state index in [9.17, 15) is 0 Å². The van der Waals surface area contributed by atoms with Crippen molar-refractivity contribution in [1.82, 2.24) is 5.32 Å². The van der Waals surface area contributed by atoms with Crippen LogP contribution in [0.5, 0.6) is 0 Å². The smallest absolute Gasteiger partial charge is 0.0518 e. The van der Waals surface area contributed by atoms with Gasteiger partial charge in [0.1, 0.15) is 0 Å². The molecule has 3 heteroatoms. The first-order valence-electron chi connectivity index (χ1n) is 7.25. The third-order valence-corrected chi connectivity index (χ3v) is 4.16. The standard InChI is InChI=1S/C16H24BrNO/c1-12(2)19-8-4-7-18-16-10-14(11-16)13-5-3-6-15(17)9-13/h3,5-6,9,12,14,16,18H,4,7-8,10-11H2,1-2H3. The van der Waals surface area contributed by atoms with Crippen molar-refractivity contribution >= 4 is 15.9 Å². The number of hydrogen-bond acceptors (Lipinski definition) is 2. The van der Waals surface area contributed by atoms with Crippen LogP contribution in [0.15, 0.2) is 28.7 Å². The molecule has 1 fully saturated rings. The molecule has 106 valence electrons. The van der Waals surface area contributed by atoms with E-state index in [2.05, 4.69) is 59.4 Å². The predicted octanol–water partition coefficient (Wildman–Crippen LogP) is 4.10. The van der Waals surface area contributed by atoms with Gasteiger partial charge in [0.15, 0.2) is 0 Å². The van der Waals surface area contributed by atoms with Crippen LogP contribution in [0.4, 0.5) is 0 Å². The Bertz CT molecular complexity index is 388. The van der Waals surface area contributed by atoms with Crippen LogP contribution in [-0.4, -0.2) is 25.3 Å². The van der Waals surface area contributed by atoms with Crippen molar-refractivity contribution in [2.45, 2.75) is 51.2 Å². The number of halogens is 1. The highest BCUT2D eigenvalue weighted by molar-refractivity contribution is 9.10. The largest absolute Gasteiger partial charge is 0.379 e. The van der Waals surface area contributed by atoms with Gasteiger partial charge < -0.3 is 10.1 Å². The molecule has 0 atom stereocenters. The van der Waals surface area contributed by atoms with Crippen LogP contribution < -0.4 is 5.32 Å². The molecule has 2 rings (SSSR count). The fourth-order valence-corrected chi connectivity index (χ4v) is 2.93. The molecule has 2 nitrogen and oxygen atoms in total. The van der Waals surface area contributed by atoms with Gasteiger partial charge in [-0.2, -0.15) is 0 Å². The van der Waals surface area contributed by atoms with Gasteiger partial charge in [-0.25, -0.2) is 0 Å². The monoisotopic (exact) mass is 325 g/mol. The third-order valence-electron chi connectivity index (χ3n) is 3.66. The highest BCUT2D eigenvalue weighted by Gasteiger charge is 2.29. The van der Waals surface area contributed by atoms with E-state index in [1.807, 2.05) is 0 Å². The van der Waals surface area contributed by atoms with Crippen molar-refractivity contribution in [3.8, 4) is 0 Å². The molecular formula is C16H24BrNO. The Balaban J connectivity index is 1.59. The Morgan fingerprint density at radius 2 is 2.16 bits per heavy atom. The molecule has 1 aromatic rings. The number of rotatable bonds is 7. The summed E-state index contributed by atoms with van der Waals surface area (Å²) in [6, 6.07) is 9.40. The Labute approximate surface area is 125 Å². The molecule has 0 amide bonds. The predicted molar refractivity (Wildman–Crippen MR) is 83.6 cm³/mol. The highest BCUT2D eigenvalue weighted by Crippen LogP contribution is 2.37. The molecule has 19 heavy (non-hydrogen) atoms. The van der Waals surface area contributed by atoms with E-state index in [1.54, 1.807) is 0 Å². The van der Waals surface area contributed by atoms with E-state index < -0.39 is 0 Å². The molecule has 1 aliphatic rings. The van der Waals surface area contributed by atoms with Gasteiger partial charge in [-0.3, -0.25) is 0 Å². The molecule has 0 bridgehead atoms. The van der Waals surface area contributed by atoms with Crippen molar-refractivity contribution in [3.05, 3.63) is 34.3 Å². The molecular weight excluding hydrogens is 302 g/mol. The van der Waals surface area contributed by atoms with E-state index in [4.69, 9.17) is 4.74 Å². The van der Waals surface area contributed by atoms with E-state index in [1.165, 1.54) is 22.9 Å². The minimum absolute atomic E-state index is 0.351. The van der Waals surface area contributed by atoms with Gasteiger partial charge in [-0.05, 0) is 63.3 Å². The maximum Gasteiger partial charge on any atom is 0.0518 e. The molecule has 0 heterocycles. The van der Waals surface area contributed by atoms with Crippen molar-refractivity contribution in [2.75, 3.05) is 13.2 Å². The van der Waals surface area contributed by atoms with Crippen molar-refractivity contribution in [2.24, 2.45) is 0 Å². The number of benzene rings is 1. The normalized spacial score (nSPS) is 22.5. The average molecular weight is 326 g/mol. The molecule has 0 saturated heterocycles. The van der Waals surface area contributed by atoms with Crippen molar-refractivity contribution in [3.63, 3.8) is 0 Å². The summed E-state index contributed by atoms with van der Waals surface area (Å²) in [5, 5.41) is 3.62. The van der Waals surface area contributed by atoms with Gasteiger partial charge in [0, 0.05) is 17.1 Å². The van der Waals surface area contributed by atoms with E-state index in [0.717, 1.165) is 25.5 Å². The zero-order valence-electron chi connectivity index (χ0n) is 11.9. The zero-order chi connectivity index (χ0) is 13.7. The first-order chi connectivity index (χ1) is 9.15. The lowest BCUT2D eigenvalue weighted by Gasteiger charge is -2.36. The van der Waals surface area contributed by atoms with Crippen molar-refractivity contribution < 1.29 is 4.74 Å². The fourth-order valence-electron chi connectivity index (χ4n) is 2.51. The van der Waals surface area contributed by atoms with E-state index >= 15 is 0 Å². The second-order valence-electron chi connectivity index (χ2n) is 5.65. The molecule has 1 saturated carbocycles. The summed E-state index contributed by atoms with van der Waals surface area (Å²) < 4.78 is 6.72. The topological polar surface area (TPSA) is 21.3 Å². The third kappa shape index (κ3) is 4.90. The van der Waals surface area contributed by atoms with Crippen LogP contribution >= 0.6 is 15.9 Å². The van der Waals surface area contributed by atoms with Gasteiger partial charge in [0.25, 0.3) is 0 Å². The maximum atomic E-state index is 5.53. The van der Waals surface area contributed by atoms with Crippen LogP contribution in [0.1, 0.15) is 44.6 Å². The number of nitrogens with one attached hydrogen (secondary N) is 1. The fraction of sp³-hybridized carbons (Fsp3) is 0.625. The van der Waals surface area contributed by atoms with Gasteiger partial charge in [-0.15, -0.1) is 0 Å². The van der Waals surface area contributed by atoms with Crippen LogP contribution in [0.3, 0.4) is 0 Å². The minimum Gasteiger partial charge on any atom is -0.379 e. The highest BCUT2D eigenvalue weighted by atomic mass is 79.9. The maximum absolute atomic E-state index is 5.53. The first kappa shape index (κ1) is 15.0. The molecule has 1 N–H and O–H groups in total. The summed E-state index contributed by atoms with van der Waals surface area (Å²) in [5.74, 6) is 0.738. The average Bonchev–Trinajstić information content (AvgIpc) is 2.30. The second-order valence-corrected chi connectivity index (χ2v) is 6.56. The summed E-state index contributed by atoms with van der Waals surface area (Å²) in [5.41, 5.74) is 1.47. The minimum atomic E-state index is 0.351. The summed E-state index contributed by atoms with van der Waals surface area (Å²) in [7, 11) is 0. The summed E-state index contributed by atoms with van der Waals surface area (Å²) in [6.07, 6.45) is 3.99. The second kappa shape index (κ2) is 7.41. The molecule has 0 radical (unpaired) electrons. The van der Waals surface area contributed by atoms with Crippen LogP contribution in [0.25, 0.3) is 0 Å². The van der Waals surface area contributed by atoms with Gasteiger partial charge in [0.2, 0.25) is 0 Å². The summed E-state index contributed by atoms with van der Waals surface area (Å²) >= 11 is 3.54. The van der Waals surface area contributed by atoms with E-state index in [0.29, 0.717) is 12.1 Å². The number of ether oxygens (including phenoxy) is 1. The lowest BCUT2D eigenvalue weighted by Crippen LogP contribution is -2.40. The zero-order valence-corrected chi connectivity index (χ0v) is 13.4. The van der Waals surface area contributed by atoms with Gasteiger partial charge >= 0.3 is 0 Å². The quantitative estimate of drug-likeness (QED) is 0.762. The summed E-state index contributed by atoms with van der Waals surface area (Å²) in [6.45, 7) is 6.11. The van der Waals surface area contributed by atoms with Gasteiger partial charge in [0.05, 0.1) is 6.10 Å². The van der Waals surface area contributed by atoms with E-state index in [-0.39, 0.29) is 0 Å². The molecule has 1 aromatic carbocycles. The summed E-state index contributed by atoms with van der Waals surface area (Å²) in [4.78, 5) is 0. The SMILES string of the molecule is CC(C)OCCCNC1CC(c2cccc(Br)c2)C1. The molecule has 0 aliphatic heterocycles. The van der Waals surface area contributed by atoms with Crippen LogP contribution in [0, 0.1) is 0 Å². The lowest BCUT2D eigenvalue weighted by atomic mass is 9.76. The molecule has 1 aliphatic carbocycles. The Morgan fingerprint density at radius 1 is 1.37 bits per heavy atom. The van der Waals surface area contributed by atoms with Crippen LogP contribution in [-0.2, 0) is 4.74 Å². The Hall–Kier alpha value is -0.380. The lowest BCUT2D eigenvalue weighted by molar-refractivity contribution is 0.0760. The Kier molecular flexibility index (Phi) is 5.86. The number of hydrogen-bond donors (Lipinski definition) is 1. The molecule has 0 unspecified atom stereocenters. The van der Waals surface area contributed by atoms with Crippen LogP contribution in [0.2, 0.25) is 0 Å².